The fourth-order valence-electron chi connectivity index (χ4n) is 2.17. The molecule has 1 aliphatic heterocycles. The Morgan fingerprint density at radius 1 is 1.26 bits per heavy atom. The Labute approximate surface area is 111 Å². The van der Waals surface area contributed by atoms with Crippen molar-refractivity contribution in [1.82, 2.24) is 10.1 Å². The van der Waals surface area contributed by atoms with Crippen LogP contribution >= 0.6 is 0 Å². The van der Waals surface area contributed by atoms with Crippen molar-refractivity contribution in [3.63, 3.8) is 0 Å². The maximum atomic E-state index is 9.93. The summed E-state index contributed by atoms with van der Waals surface area (Å²) < 4.78 is 10.6. The molecule has 0 spiro atoms. The number of benzene rings is 1. The van der Waals surface area contributed by atoms with Crippen LogP contribution in [0.3, 0.4) is 0 Å². The summed E-state index contributed by atoms with van der Waals surface area (Å²) in [4.78, 5) is 4.37. The van der Waals surface area contributed by atoms with E-state index in [-0.39, 0.29) is 5.92 Å². The van der Waals surface area contributed by atoms with E-state index in [9.17, 15) is 5.11 Å². The number of nitrogens with zero attached hydrogens (tertiary/aromatic N) is 2. The second kappa shape index (κ2) is 5.11. The van der Waals surface area contributed by atoms with E-state index >= 15 is 0 Å². The van der Waals surface area contributed by atoms with Gasteiger partial charge in [0.25, 0.3) is 0 Å². The molecular weight excluding hydrogens is 244 g/mol. The molecule has 1 aliphatic rings. The molecule has 0 aliphatic carbocycles. The van der Waals surface area contributed by atoms with Crippen LogP contribution in [-0.4, -0.2) is 34.6 Å². The molecule has 19 heavy (non-hydrogen) atoms. The van der Waals surface area contributed by atoms with Gasteiger partial charge in [0.1, 0.15) is 0 Å². The molecule has 1 fully saturated rings. The number of aryl methyl sites for hydroxylation is 1. The SMILES string of the molecule is Cc1ccc(-c2noc(C3COCCC3O)n2)cc1. The Kier molecular flexibility index (Phi) is 3.31. The third-order valence-corrected chi connectivity index (χ3v) is 3.39. The van der Waals surface area contributed by atoms with Crippen LogP contribution in [0, 0.1) is 6.92 Å². The first kappa shape index (κ1) is 12.3. The zero-order chi connectivity index (χ0) is 13.2. The summed E-state index contributed by atoms with van der Waals surface area (Å²) in [6.07, 6.45) is 0.132. The number of ether oxygens (including phenoxy) is 1. The molecule has 2 aromatic rings. The molecule has 0 bridgehead atoms. The minimum Gasteiger partial charge on any atom is -0.392 e. The number of aliphatic hydroxyl groups is 1. The number of hydrogen-bond acceptors (Lipinski definition) is 5. The number of aromatic nitrogens is 2. The molecule has 1 aromatic carbocycles. The van der Waals surface area contributed by atoms with E-state index in [2.05, 4.69) is 10.1 Å². The number of aliphatic hydroxyl groups excluding tert-OH is 1. The Balaban J connectivity index is 1.84. The molecule has 1 N–H and O–H groups in total. The van der Waals surface area contributed by atoms with Crippen molar-refractivity contribution in [1.29, 1.82) is 0 Å². The smallest absolute Gasteiger partial charge is 0.235 e. The van der Waals surface area contributed by atoms with Gasteiger partial charge in [-0.25, -0.2) is 0 Å². The topological polar surface area (TPSA) is 68.4 Å². The van der Waals surface area contributed by atoms with Crippen molar-refractivity contribution < 1.29 is 14.4 Å². The van der Waals surface area contributed by atoms with Gasteiger partial charge in [0.15, 0.2) is 0 Å². The van der Waals surface area contributed by atoms with Gasteiger partial charge in [-0.15, -0.1) is 0 Å². The highest BCUT2D eigenvalue weighted by atomic mass is 16.5. The summed E-state index contributed by atoms with van der Waals surface area (Å²) in [5.74, 6) is 0.774. The first-order chi connectivity index (χ1) is 9.24. The lowest BCUT2D eigenvalue weighted by atomic mass is 9.99. The molecule has 2 atom stereocenters. The third-order valence-electron chi connectivity index (χ3n) is 3.39. The van der Waals surface area contributed by atoms with Gasteiger partial charge in [0.05, 0.1) is 18.6 Å². The van der Waals surface area contributed by atoms with Crippen LogP contribution in [0.2, 0.25) is 0 Å². The van der Waals surface area contributed by atoms with E-state index in [1.807, 2.05) is 31.2 Å². The molecule has 3 rings (SSSR count). The molecule has 100 valence electrons. The predicted octanol–water partition coefficient (Wildman–Crippen LogP) is 1.91. The Hall–Kier alpha value is -1.72. The highest BCUT2D eigenvalue weighted by molar-refractivity contribution is 5.54. The van der Waals surface area contributed by atoms with Crippen LogP contribution in [-0.2, 0) is 4.74 Å². The van der Waals surface area contributed by atoms with Gasteiger partial charge in [-0.1, -0.05) is 35.0 Å². The summed E-state index contributed by atoms with van der Waals surface area (Å²) in [5.41, 5.74) is 2.09. The molecule has 1 aromatic heterocycles. The number of hydrogen-bond donors (Lipinski definition) is 1. The van der Waals surface area contributed by atoms with Crippen LogP contribution in [0.1, 0.15) is 23.8 Å². The fourth-order valence-corrected chi connectivity index (χ4v) is 2.17. The molecule has 0 radical (unpaired) electrons. The molecular formula is C14H16N2O3. The van der Waals surface area contributed by atoms with Crippen molar-refractivity contribution in [2.75, 3.05) is 13.2 Å². The first-order valence-corrected chi connectivity index (χ1v) is 6.40. The Bertz CT molecular complexity index is 550. The van der Waals surface area contributed by atoms with Crippen LogP contribution < -0.4 is 0 Å². The highest BCUT2D eigenvalue weighted by Crippen LogP contribution is 2.26. The molecule has 5 heteroatoms. The lowest BCUT2D eigenvalue weighted by molar-refractivity contribution is -0.0149. The van der Waals surface area contributed by atoms with E-state index < -0.39 is 6.10 Å². The van der Waals surface area contributed by atoms with Gasteiger partial charge in [0, 0.05) is 12.2 Å². The highest BCUT2D eigenvalue weighted by Gasteiger charge is 2.30. The summed E-state index contributed by atoms with van der Waals surface area (Å²) in [7, 11) is 0. The standard InChI is InChI=1S/C14H16N2O3/c1-9-2-4-10(5-3-9)13-15-14(19-16-13)11-8-18-7-6-12(11)17/h2-5,11-12,17H,6-8H2,1H3. The Morgan fingerprint density at radius 3 is 2.79 bits per heavy atom. The molecule has 0 amide bonds. The maximum Gasteiger partial charge on any atom is 0.235 e. The first-order valence-electron chi connectivity index (χ1n) is 6.40. The number of rotatable bonds is 2. The van der Waals surface area contributed by atoms with Gasteiger partial charge < -0.3 is 14.4 Å². The van der Waals surface area contributed by atoms with Crippen molar-refractivity contribution >= 4 is 0 Å². The van der Waals surface area contributed by atoms with Crippen LogP contribution in [0.25, 0.3) is 11.4 Å². The van der Waals surface area contributed by atoms with E-state index in [1.54, 1.807) is 0 Å². The van der Waals surface area contributed by atoms with Gasteiger partial charge >= 0.3 is 0 Å². The second-order valence-electron chi connectivity index (χ2n) is 4.86. The van der Waals surface area contributed by atoms with E-state index in [4.69, 9.17) is 9.26 Å². The largest absolute Gasteiger partial charge is 0.392 e. The van der Waals surface area contributed by atoms with Crippen molar-refractivity contribution in [3.05, 3.63) is 35.7 Å². The lowest BCUT2D eigenvalue weighted by Crippen LogP contribution is -2.30. The quantitative estimate of drug-likeness (QED) is 0.893. The summed E-state index contributed by atoms with van der Waals surface area (Å²) in [5, 5.41) is 13.9. The molecule has 2 heterocycles. The summed E-state index contributed by atoms with van der Waals surface area (Å²) >= 11 is 0. The fraction of sp³-hybridized carbons (Fsp3) is 0.429. The van der Waals surface area contributed by atoms with E-state index in [1.165, 1.54) is 5.56 Å². The van der Waals surface area contributed by atoms with Gasteiger partial charge in [-0.3, -0.25) is 0 Å². The maximum absolute atomic E-state index is 9.93. The van der Waals surface area contributed by atoms with Gasteiger partial charge in [0.2, 0.25) is 11.7 Å². The zero-order valence-electron chi connectivity index (χ0n) is 10.7. The second-order valence-corrected chi connectivity index (χ2v) is 4.86. The molecule has 0 saturated carbocycles. The zero-order valence-corrected chi connectivity index (χ0v) is 10.7. The van der Waals surface area contributed by atoms with Crippen LogP contribution in [0.15, 0.2) is 28.8 Å². The predicted molar refractivity (Wildman–Crippen MR) is 68.7 cm³/mol. The van der Waals surface area contributed by atoms with Gasteiger partial charge in [-0.05, 0) is 13.3 Å². The Morgan fingerprint density at radius 2 is 2.05 bits per heavy atom. The minimum absolute atomic E-state index is 0.222. The molecule has 2 unspecified atom stereocenters. The minimum atomic E-state index is -0.472. The van der Waals surface area contributed by atoms with Crippen LogP contribution in [0.5, 0.6) is 0 Å². The lowest BCUT2D eigenvalue weighted by Gasteiger charge is -2.24. The van der Waals surface area contributed by atoms with E-state index in [0.717, 1.165) is 5.56 Å². The third kappa shape index (κ3) is 2.52. The van der Waals surface area contributed by atoms with Crippen LogP contribution in [0.4, 0.5) is 0 Å². The van der Waals surface area contributed by atoms with Crippen molar-refractivity contribution in [2.24, 2.45) is 0 Å². The van der Waals surface area contributed by atoms with Gasteiger partial charge in [-0.2, -0.15) is 4.98 Å². The molecule has 5 nitrogen and oxygen atoms in total. The summed E-state index contributed by atoms with van der Waals surface area (Å²) in [6.45, 7) is 3.04. The average molecular weight is 260 g/mol. The monoisotopic (exact) mass is 260 g/mol. The summed E-state index contributed by atoms with van der Waals surface area (Å²) in [6, 6.07) is 7.92. The van der Waals surface area contributed by atoms with E-state index in [0.29, 0.717) is 31.3 Å². The average Bonchev–Trinajstić information content (AvgIpc) is 2.89. The van der Waals surface area contributed by atoms with Crippen molar-refractivity contribution in [3.8, 4) is 11.4 Å². The van der Waals surface area contributed by atoms with Crippen molar-refractivity contribution in [2.45, 2.75) is 25.4 Å². The molecule has 1 saturated heterocycles. The normalized spacial score (nSPS) is 23.5.